The lowest BCUT2D eigenvalue weighted by Gasteiger charge is -2.27. The van der Waals surface area contributed by atoms with E-state index in [0.717, 1.165) is 47.0 Å². The number of nitrogens with two attached hydrogens (primary N) is 1. The summed E-state index contributed by atoms with van der Waals surface area (Å²) in [7, 11) is 0. The summed E-state index contributed by atoms with van der Waals surface area (Å²) in [6.45, 7) is 3.29. The quantitative estimate of drug-likeness (QED) is 0.416. The molecule has 0 unspecified atom stereocenters. The summed E-state index contributed by atoms with van der Waals surface area (Å²) >= 11 is 1.68. The topological polar surface area (TPSA) is 89.5 Å². The Hall–Kier alpha value is -3.52. The van der Waals surface area contributed by atoms with Crippen molar-refractivity contribution in [2.75, 3.05) is 23.8 Å². The van der Waals surface area contributed by atoms with Crippen LogP contribution in [-0.4, -0.2) is 40.4 Å². The summed E-state index contributed by atoms with van der Waals surface area (Å²) in [5.74, 6) is 1.99. The molecule has 1 aliphatic rings. The third-order valence-electron chi connectivity index (χ3n) is 5.58. The minimum absolute atomic E-state index is 0.179. The van der Waals surface area contributed by atoms with E-state index in [1.165, 1.54) is 11.0 Å². The van der Waals surface area contributed by atoms with Crippen LogP contribution in [0, 0.1) is 0 Å². The molecule has 8 heteroatoms. The largest absolute Gasteiger partial charge is 0.491 e. The van der Waals surface area contributed by atoms with Gasteiger partial charge in [-0.15, -0.1) is 11.3 Å². The molecule has 7 nitrogen and oxygen atoms in total. The van der Waals surface area contributed by atoms with Gasteiger partial charge >= 0.3 is 0 Å². The number of aliphatic imine (C=N–C) groups is 1. The van der Waals surface area contributed by atoms with Crippen LogP contribution in [0.4, 0.5) is 17.3 Å². The van der Waals surface area contributed by atoms with Crippen LogP contribution >= 0.6 is 11.3 Å². The van der Waals surface area contributed by atoms with Crippen molar-refractivity contribution < 1.29 is 4.74 Å². The van der Waals surface area contributed by atoms with Gasteiger partial charge in [0.25, 0.3) is 0 Å². The number of hydrogen-bond donors (Lipinski definition) is 1. The van der Waals surface area contributed by atoms with Crippen LogP contribution in [-0.2, 0) is 0 Å². The van der Waals surface area contributed by atoms with Gasteiger partial charge in [0.2, 0.25) is 0 Å². The van der Waals surface area contributed by atoms with Crippen LogP contribution in [0.15, 0.2) is 59.9 Å². The number of anilines is 2. The molecule has 0 saturated carbocycles. The minimum Gasteiger partial charge on any atom is -0.491 e. The van der Waals surface area contributed by atoms with E-state index >= 15 is 0 Å². The van der Waals surface area contributed by atoms with Crippen molar-refractivity contribution in [2.24, 2.45) is 4.99 Å². The standard InChI is InChI=1S/C24H24N6OS/c1-2-26-21-22(25)27-15-28-23(21)30-13-7-8-16(30)14-31-19-11-5-3-9-17(19)24-29-18-10-4-6-12-20(18)32-24/h2-6,9-12,15-16H,7-8,13-14H2,1H3,(H2,25,27,28)/b26-2-/t16-/m1/s1. The molecular formula is C24H24N6OS. The lowest BCUT2D eigenvalue weighted by molar-refractivity contribution is 0.289. The number of para-hydroxylation sites is 2. The van der Waals surface area contributed by atoms with E-state index in [1.54, 1.807) is 17.6 Å². The second-order valence-corrected chi connectivity index (χ2v) is 8.63. The number of hydrogen-bond acceptors (Lipinski definition) is 8. The van der Waals surface area contributed by atoms with Gasteiger partial charge < -0.3 is 15.4 Å². The summed E-state index contributed by atoms with van der Waals surface area (Å²) in [4.78, 5) is 20.1. The normalized spacial score (nSPS) is 16.3. The predicted molar refractivity (Wildman–Crippen MR) is 131 cm³/mol. The van der Waals surface area contributed by atoms with Gasteiger partial charge in [0, 0.05) is 12.8 Å². The summed E-state index contributed by atoms with van der Waals surface area (Å²) in [6, 6.07) is 16.5. The fraction of sp³-hybridized carbons (Fsp3) is 0.250. The second kappa shape index (κ2) is 8.92. The maximum atomic E-state index is 6.37. The van der Waals surface area contributed by atoms with Crippen molar-refractivity contribution >= 4 is 45.1 Å². The molecule has 0 spiro atoms. The molecule has 2 aromatic carbocycles. The number of benzene rings is 2. The van der Waals surface area contributed by atoms with Crippen molar-refractivity contribution in [2.45, 2.75) is 25.8 Å². The highest BCUT2D eigenvalue weighted by molar-refractivity contribution is 7.21. The highest BCUT2D eigenvalue weighted by Gasteiger charge is 2.29. The zero-order valence-electron chi connectivity index (χ0n) is 17.8. The maximum Gasteiger partial charge on any atom is 0.160 e. The first kappa shape index (κ1) is 20.4. The summed E-state index contributed by atoms with van der Waals surface area (Å²) < 4.78 is 7.54. The highest BCUT2D eigenvalue weighted by atomic mass is 32.1. The minimum atomic E-state index is 0.179. The third kappa shape index (κ3) is 3.89. The smallest absolute Gasteiger partial charge is 0.160 e. The van der Waals surface area contributed by atoms with Crippen molar-refractivity contribution in [1.82, 2.24) is 15.0 Å². The van der Waals surface area contributed by atoms with Gasteiger partial charge in [0.15, 0.2) is 11.6 Å². The van der Waals surface area contributed by atoms with Crippen LogP contribution in [0.25, 0.3) is 20.8 Å². The monoisotopic (exact) mass is 444 g/mol. The Bertz CT molecular complexity index is 1240. The third-order valence-corrected chi connectivity index (χ3v) is 6.65. The highest BCUT2D eigenvalue weighted by Crippen LogP contribution is 2.37. The fourth-order valence-electron chi connectivity index (χ4n) is 4.08. The number of ether oxygens (including phenoxy) is 1. The average molecular weight is 445 g/mol. The number of nitrogen functional groups attached to an aromatic ring is 1. The van der Waals surface area contributed by atoms with Crippen LogP contribution in [0.3, 0.4) is 0 Å². The molecule has 0 aliphatic carbocycles. The SMILES string of the molecule is C/C=N\c1c(N)ncnc1N1CCC[C@@H]1COc1ccccc1-c1nc2ccccc2s1. The Morgan fingerprint density at radius 1 is 1.19 bits per heavy atom. The Kier molecular flexibility index (Phi) is 5.68. The average Bonchev–Trinajstić information content (AvgIpc) is 3.46. The first-order valence-electron chi connectivity index (χ1n) is 10.7. The molecule has 1 aliphatic heterocycles. The van der Waals surface area contributed by atoms with Gasteiger partial charge in [-0.05, 0) is 44.0 Å². The Morgan fingerprint density at radius 3 is 2.91 bits per heavy atom. The molecule has 4 aromatic rings. The van der Waals surface area contributed by atoms with E-state index in [0.29, 0.717) is 18.1 Å². The predicted octanol–water partition coefficient (Wildman–Crippen LogP) is 5.11. The number of aromatic nitrogens is 3. The fourth-order valence-corrected chi connectivity index (χ4v) is 5.07. The Balaban J connectivity index is 1.39. The molecule has 0 amide bonds. The molecule has 3 heterocycles. The van der Waals surface area contributed by atoms with Gasteiger partial charge in [-0.2, -0.15) is 0 Å². The molecule has 1 atom stereocenters. The van der Waals surface area contributed by atoms with Crippen LogP contribution in [0.5, 0.6) is 5.75 Å². The van der Waals surface area contributed by atoms with Crippen molar-refractivity contribution in [3.8, 4) is 16.3 Å². The zero-order chi connectivity index (χ0) is 21.9. The summed E-state index contributed by atoms with van der Waals surface area (Å²) in [5.41, 5.74) is 8.72. The van der Waals surface area contributed by atoms with E-state index in [2.05, 4.69) is 32.0 Å². The van der Waals surface area contributed by atoms with Gasteiger partial charge in [0.1, 0.15) is 29.4 Å². The molecule has 5 rings (SSSR count). The molecule has 1 saturated heterocycles. The molecule has 2 aromatic heterocycles. The second-order valence-electron chi connectivity index (χ2n) is 7.60. The van der Waals surface area contributed by atoms with E-state index in [-0.39, 0.29) is 6.04 Å². The molecule has 0 bridgehead atoms. The number of thiazole rings is 1. The van der Waals surface area contributed by atoms with Crippen molar-refractivity contribution in [1.29, 1.82) is 0 Å². The van der Waals surface area contributed by atoms with Crippen molar-refractivity contribution in [3.05, 3.63) is 54.9 Å². The molecule has 32 heavy (non-hydrogen) atoms. The lowest BCUT2D eigenvalue weighted by Crippen LogP contribution is -2.35. The van der Waals surface area contributed by atoms with Gasteiger partial charge in [-0.1, -0.05) is 24.3 Å². The van der Waals surface area contributed by atoms with Crippen LogP contribution in [0.2, 0.25) is 0 Å². The van der Waals surface area contributed by atoms with Gasteiger partial charge in [-0.25, -0.2) is 15.0 Å². The Morgan fingerprint density at radius 2 is 2.03 bits per heavy atom. The lowest BCUT2D eigenvalue weighted by atomic mass is 10.2. The first-order valence-corrected chi connectivity index (χ1v) is 11.5. The summed E-state index contributed by atoms with van der Waals surface area (Å²) in [6.07, 6.45) is 5.29. The van der Waals surface area contributed by atoms with E-state index in [1.807, 2.05) is 43.3 Å². The van der Waals surface area contributed by atoms with Gasteiger partial charge in [0.05, 0.1) is 21.8 Å². The van der Waals surface area contributed by atoms with Crippen LogP contribution < -0.4 is 15.4 Å². The summed E-state index contributed by atoms with van der Waals surface area (Å²) in [5, 5.41) is 0.966. The molecule has 162 valence electrons. The molecular weight excluding hydrogens is 420 g/mol. The van der Waals surface area contributed by atoms with Crippen molar-refractivity contribution in [3.63, 3.8) is 0 Å². The van der Waals surface area contributed by atoms with E-state index in [4.69, 9.17) is 15.5 Å². The van der Waals surface area contributed by atoms with E-state index in [9.17, 15) is 0 Å². The molecule has 1 fully saturated rings. The first-order chi connectivity index (χ1) is 15.7. The Labute approximate surface area is 190 Å². The van der Waals surface area contributed by atoms with Crippen LogP contribution in [0.1, 0.15) is 19.8 Å². The number of fused-ring (bicyclic) bond motifs is 1. The number of rotatable bonds is 6. The number of nitrogens with zero attached hydrogens (tertiary/aromatic N) is 5. The maximum absolute atomic E-state index is 6.37. The zero-order valence-corrected chi connectivity index (χ0v) is 18.6. The molecule has 0 radical (unpaired) electrons. The molecule has 2 N–H and O–H groups in total. The van der Waals surface area contributed by atoms with Gasteiger partial charge in [-0.3, -0.25) is 4.99 Å². The van der Waals surface area contributed by atoms with E-state index < -0.39 is 0 Å².